The second-order valence-electron chi connectivity index (χ2n) is 6.78. The van der Waals surface area contributed by atoms with Crippen LogP contribution in [0.25, 0.3) is 0 Å². The average Bonchev–Trinajstić information content (AvgIpc) is 2.69. The van der Waals surface area contributed by atoms with Gasteiger partial charge in [0.05, 0.1) is 11.6 Å². The van der Waals surface area contributed by atoms with E-state index in [9.17, 15) is 4.79 Å². The highest BCUT2D eigenvalue weighted by Crippen LogP contribution is 2.27. The number of carbonyl (C=O) groups is 1. The van der Waals surface area contributed by atoms with Gasteiger partial charge in [0.25, 0.3) is 5.91 Å². The number of amides is 1. The zero-order chi connectivity index (χ0) is 19.1. The average molecular weight is 388 g/mol. The van der Waals surface area contributed by atoms with E-state index in [1.807, 2.05) is 43.3 Å². The zero-order valence-electron chi connectivity index (χ0n) is 15.7. The van der Waals surface area contributed by atoms with E-state index in [2.05, 4.69) is 5.32 Å². The van der Waals surface area contributed by atoms with Crippen molar-refractivity contribution in [1.82, 2.24) is 5.32 Å². The SMILES string of the molecule is CCOc1ccc(C(=O)NC2CCCCC2)cc1COc1ccccc1Cl. The number of hydrogen-bond acceptors (Lipinski definition) is 3. The summed E-state index contributed by atoms with van der Waals surface area (Å²) in [5, 5.41) is 3.71. The lowest BCUT2D eigenvalue weighted by Crippen LogP contribution is -2.36. The molecular weight excluding hydrogens is 362 g/mol. The van der Waals surface area contributed by atoms with Crippen molar-refractivity contribution in [1.29, 1.82) is 0 Å². The van der Waals surface area contributed by atoms with Crippen LogP contribution in [-0.4, -0.2) is 18.6 Å². The first-order chi connectivity index (χ1) is 13.2. The van der Waals surface area contributed by atoms with E-state index in [4.69, 9.17) is 21.1 Å². The van der Waals surface area contributed by atoms with Gasteiger partial charge in [-0.2, -0.15) is 0 Å². The molecule has 0 spiro atoms. The molecule has 3 rings (SSSR count). The number of nitrogens with one attached hydrogen (secondary N) is 1. The van der Waals surface area contributed by atoms with Gasteiger partial charge in [0.15, 0.2) is 0 Å². The number of rotatable bonds is 7. The van der Waals surface area contributed by atoms with Gasteiger partial charge in [-0.15, -0.1) is 0 Å². The molecule has 2 aromatic carbocycles. The fourth-order valence-electron chi connectivity index (χ4n) is 3.36. The Kier molecular flexibility index (Phi) is 6.99. The quantitative estimate of drug-likeness (QED) is 0.693. The van der Waals surface area contributed by atoms with E-state index in [1.165, 1.54) is 19.3 Å². The van der Waals surface area contributed by atoms with Crippen LogP contribution in [0.5, 0.6) is 11.5 Å². The van der Waals surface area contributed by atoms with Crippen molar-refractivity contribution >= 4 is 17.5 Å². The summed E-state index contributed by atoms with van der Waals surface area (Å²) in [5.74, 6) is 1.29. The van der Waals surface area contributed by atoms with Crippen molar-refractivity contribution in [3.05, 3.63) is 58.6 Å². The number of ether oxygens (including phenoxy) is 2. The maximum atomic E-state index is 12.6. The second kappa shape index (κ2) is 9.65. The summed E-state index contributed by atoms with van der Waals surface area (Å²) in [5.41, 5.74) is 1.45. The van der Waals surface area contributed by atoms with Crippen LogP contribution >= 0.6 is 11.6 Å². The van der Waals surface area contributed by atoms with E-state index in [0.29, 0.717) is 22.9 Å². The van der Waals surface area contributed by atoms with Gasteiger partial charge in [-0.1, -0.05) is 43.0 Å². The smallest absolute Gasteiger partial charge is 0.251 e. The molecule has 4 nitrogen and oxygen atoms in total. The maximum Gasteiger partial charge on any atom is 0.251 e. The minimum atomic E-state index is -0.0380. The molecule has 1 N–H and O–H groups in total. The highest BCUT2D eigenvalue weighted by molar-refractivity contribution is 6.32. The van der Waals surface area contributed by atoms with Crippen molar-refractivity contribution < 1.29 is 14.3 Å². The Morgan fingerprint density at radius 3 is 2.59 bits per heavy atom. The summed E-state index contributed by atoms with van der Waals surface area (Å²) in [6.07, 6.45) is 5.76. The van der Waals surface area contributed by atoms with E-state index in [0.717, 1.165) is 24.2 Å². The number of para-hydroxylation sites is 1. The van der Waals surface area contributed by atoms with Crippen LogP contribution in [0.3, 0.4) is 0 Å². The van der Waals surface area contributed by atoms with Crippen LogP contribution in [0.2, 0.25) is 5.02 Å². The Morgan fingerprint density at radius 2 is 1.85 bits per heavy atom. The molecule has 1 fully saturated rings. The van der Waals surface area contributed by atoms with E-state index in [-0.39, 0.29) is 18.6 Å². The third kappa shape index (κ3) is 5.39. The van der Waals surface area contributed by atoms with Crippen molar-refractivity contribution in [3.63, 3.8) is 0 Å². The Morgan fingerprint density at radius 1 is 1.07 bits per heavy atom. The van der Waals surface area contributed by atoms with Crippen molar-refractivity contribution in [2.24, 2.45) is 0 Å². The molecule has 27 heavy (non-hydrogen) atoms. The third-order valence-electron chi connectivity index (χ3n) is 4.78. The number of halogens is 1. The molecule has 0 unspecified atom stereocenters. The molecule has 144 valence electrons. The van der Waals surface area contributed by atoms with Crippen LogP contribution in [0.15, 0.2) is 42.5 Å². The topological polar surface area (TPSA) is 47.6 Å². The summed E-state index contributed by atoms with van der Waals surface area (Å²) in [6.45, 7) is 2.76. The van der Waals surface area contributed by atoms with E-state index in [1.54, 1.807) is 6.07 Å². The van der Waals surface area contributed by atoms with Gasteiger partial charge in [0.2, 0.25) is 0 Å². The lowest BCUT2D eigenvalue weighted by molar-refractivity contribution is 0.0927. The summed E-state index contributed by atoms with van der Waals surface area (Å²) >= 11 is 6.16. The molecular formula is C22H26ClNO3. The highest BCUT2D eigenvalue weighted by Gasteiger charge is 2.18. The molecule has 1 aliphatic carbocycles. The van der Waals surface area contributed by atoms with Crippen molar-refractivity contribution in [2.75, 3.05) is 6.61 Å². The van der Waals surface area contributed by atoms with Crippen LogP contribution in [0.4, 0.5) is 0 Å². The lowest BCUT2D eigenvalue weighted by atomic mass is 9.95. The third-order valence-corrected chi connectivity index (χ3v) is 5.09. The van der Waals surface area contributed by atoms with Crippen molar-refractivity contribution in [3.8, 4) is 11.5 Å². The van der Waals surface area contributed by atoms with Gasteiger partial charge in [0.1, 0.15) is 18.1 Å². The Labute approximate surface area is 165 Å². The van der Waals surface area contributed by atoms with Gasteiger partial charge in [-0.25, -0.2) is 0 Å². The molecule has 1 aliphatic rings. The van der Waals surface area contributed by atoms with Gasteiger partial charge >= 0.3 is 0 Å². The highest BCUT2D eigenvalue weighted by atomic mass is 35.5. The minimum absolute atomic E-state index is 0.0380. The van der Waals surface area contributed by atoms with Crippen LogP contribution in [0, 0.1) is 0 Å². The lowest BCUT2D eigenvalue weighted by Gasteiger charge is -2.23. The monoisotopic (exact) mass is 387 g/mol. The Bertz CT molecular complexity index is 772. The van der Waals surface area contributed by atoms with Crippen LogP contribution in [0.1, 0.15) is 54.9 Å². The number of carbonyl (C=O) groups excluding carboxylic acids is 1. The summed E-state index contributed by atoms with van der Waals surface area (Å²) in [6, 6.07) is 13.1. The number of benzene rings is 2. The first kappa shape index (κ1) is 19.6. The van der Waals surface area contributed by atoms with E-state index >= 15 is 0 Å². The minimum Gasteiger partial charge on any atom is -0.493 e. The van der Waals surface area contributed by atoms with Crippen LogP contribution in [-0.2, 0) is 6.61 Å². The Balaban J connectivity index is 1.73. The molecule has 2 aromatic rings. The van der Waals surface area contributed by atoms with Gasteiger partial charge < -0.3 is 14.8 Å². The standard InChI is InChI=1S/C22H26ClNO3/c1-2-26-20-13-12-16(22(25)24-18-8-4-3-5-9-18)14-17(20)15-27-21-11-7-6-10-19(21)23/h6-7,10-14,18H,2-5,8-9,15H2,1H3,(H,24,25). The van der Waals surface area contributed by atoms with Crippen molar-refractivity contribution in [2.45, 2.75) is 51.7 Å². The molecule has 0 aromatic heterocycles. The summed E-state index contributed by atoms with van der Waals surface area (Å²) < 4.78 is 11.5. The molecule has 0 aliphatic heterocycles. The van der Waals surface area contributed by atoms with Gasteiger partial charge in [0, 0.05) is 17.2 Å². The molecule has 0 bridgehead atoms. The van der Waals surface area contributed by atoms with Crippen LogP contribution < -0.4 is 14.8 Å². The summed E-state index contributed by atoms with van der Waals surface area (Å²) in [7, 11) is 0. The van der Waals surface area contributed by atoms with Gasteiger partial charge in [-0.05, 0) is 50.1 Å². The molecule has 1 saturated carbocycles. The molecule has 0 radical (unpaired) electrons. The number of hydrogen-bond donors (Lipinski definition) is 1. The molecule has 5 heteroatoms. The summed E-state index contributed by atoms with van der Waals surface area (Å²) in [4.78, 5) is 12.6. The molecule has 0 heterocycles. The molecule has 0 atom stereocenters. The Hall–Kier alpha value is -2.20. The normalized spacial score (nSPS) is 14.6. The van der Waals surface area contributed by atoms with E-state index < -0.39 is 0 Å². The molecule has 0 saturated heterocycles. The fraction of sp³-hybridized carbons (Fsp3) is 0.409. The second-order valence-corrected chi connectivity index (χ2v) is 7.19. The molecule has 1 amide bonds. The fourth-order valence-corrected chi connectivity index (χ4v) is 3.55. The predicted molar refractivity (Wildman–Crippen MR) is 108 cm³/mol. The maximum absolute atomic E-state index is 12.6. The van der Waals surface area contributed by atoms with Gasteiger partial charge in [-0.3, -0.25) is 4.79 Å². The first-order valence-electron chi connectivity index (χ1n) is 9.61. The first-order valence-corrected chi connectivity index (χ1v) is 9.99. The zero-order valence-corrected chi connectivity index (χ0v) is 16.4. The predicted octanol–water partition coefficient (Wildman–Crippen LogP) is 5.38. The largest absolute Gasteiger partial charge is 0.493 e.